The molecule has 112 valence electrons. The highest BCUT2D eigenvalue weighted by molar-refractivity contribution is 5.64. The predicted molar refractivity (Wildman–Crippen MR) is 91.8 cm³/mol. The van der Waals surface area contributed by atoms with Crippen LogP contribution in [0.5, 0.6) is 0 Å². The van der Waals surface area contributed by atoms with Crippen molar-refractivity contribution in [3.63, 3.8) is 0 Å². The SMILES string of the molecule is Cc1ccc2c(c1)[C@@H]1[C@H](CN2)[C@@H]2C[C@H]1c1cc(C)ccc1N2. The molecule has 0 amide bonds. The van der Waals surface area contributed by atoms with Crippen LogP contribution in [0.15, 0.2) is 36.4 Å². The highest BCUT2D eigenvalue weighted by atomic mass is 15.0. The number of nitrogens with one attached hydrogen (secondary N) is 2. The lowest BCUT2D eigenvalue weighted by Crippen LogP contribution is -2.34. The van der Waals surface area contributed by atoms with E-state index in [1.165, 1.54) is 34.5 Å². The molecular weight excluding hydrogens is 268 g/mol. The van der Waals surface area contributed by atoms with E-state index in [1.807, 2.05) is 0 Å². The highest BCUT2D eigenvalue weighted by Gasteiger charge is 2.50. The number of aryl methyl sites for hydroxylation is 2. The van der Waals surface area contributed by atoms with Crippen molar-refractivity contribution < 1.29 is 0 Å². The van der Waals surface area contributed by atoms with Crippen LogP contribution in [0.25, 0.3) is 0 Å². The van der Waals surface area contributed by atoms with Gasteiger partial charge in [0.1, 0.15) is 0 Å². The van der Waals surface area contributed by atoms with Crippen LogP contribution in [0.4, 0.5) is 11.4 Å². The van der Waals surface area contributed by atoms with Crippen LogP contribution in [-0.2, 0) is 0 Å². The van der Waals surface area contributed by atoms with E-state index in [1.54, 1.807) is 5.56 Å². The molecule has 0 spiro atoms. The van der Waals surface area contributed by atoms with E-state index in [4.69, 9.17) is 0 Å². The molecule has 2 aromatic rings. The Morgan fingerprint density at radius 2 is 1.64 bits per heavy atom. The first-order valence-corrected chi connectivity index (χ1v) is 8.42. The average Bonchev–Trinajstić information content (AvgIpc) is 2.82. The molecule has 2 heteroatoms. The van der Waals surface area contributed by atoms with Crippen molar-refractivity contribution in [2.75, 3.05) is 17.2 Å². The summed E-state index contributed by atoms with van der Waals surface area (Å²) >= 11 is 0. The molecule has 4 atom stereocenters. The molecule has 3 aliphatic rings. The van der Waals surface area contributed by atoms with Gasteiger partial charge in [-0.15, -0.1) is 0 Å². The van der Waals surface area contributed by atoms with Gasteiger partial charge in [-0.1, -0.05) is 35.4 Å². The number of hydrogen-bond donors (Lipinski definition) is 2. The van der Waals surface area contributed by atoms with Gasteiger partial charge in [-0.05, 0) is 55.4 Å². The summed E-state index contributed by atoms with van der Waals surface area (Å²) in [7, 11) is 0. The minimum absolute atomic E-state index is 0.617. The minimum Gasteiger partial charge on any atom is -0.384 e. The van der Waals surface area contributed by atoms with Gasteiger partial charge in [-0.2, -0.15) is 0 Å². The molecule has 0 unspecified atom stereocenters. The van der Waals surface area contributed by atoms with Crippen LogP contribution in [0.3, 0.4) is 0 Å². The first-order valence-electron chi connectivity index (χ1n) is 8.42. The lowest BCUT2D eigenvalue weighted by molar-refractivity contribution is 0.459. The van der Waals surface area contributed by atoms with Gasteiger partial charge in [0.2, 0.25) is 0 Å². The summed E-state index contributed by atoms with van der Waals surface area (Å²) in [6.45, 7) is 5.52. The molecule has 2 aliphatic heterocycles. The summed E-state index contributed by atoms with van der Waals surface area (Å²) in [4.78, 5) is 0. The van der Waals surface area contributed by atoms with Crippen LogP contribution in [0, 0.1) is 19.8 Å². The Kier molecular flexibility index (Phi) is 2.45. The van der Waals surface area contributed by atoms with Crippen molar-refractivity contribution >= 4 is 11.4 Å². The van der Waals surface area contributed by atoms with Crippen LogP contribution < -0.4 is 10.6 Å². The van der Waals surface area contributed by atoms with Crippen molar-refractivity contribution in [3.8, 4) is 0 Å². The lowest BCUT2D eigenvalue weighted by Gasteiger charge is -2.33. The van der Waals surface area contributed by atoms with Gasteiger partial charge in [-0.25, -0.2) is 0 Å². The fourth-order valence-corrected chi connectivity index (χ4v) is 5.01. The van der Waals surface area contributed by atoms with Crippen molar-refractivity contribution in [2.45, 2.75) is 38.1 Å². The van der Waals surface area contributed by atoms with Crippen LogP contribution in [0.2, 0.25) is 0 Å². The zero-order chi connectivity index (χ0) is 14.8. The van der Waals surface area contributed by atoms with Gasteiger partial charge in [0, 0.05) is 29.9 Å². The molecule has 0 aromatic heterocycles. The smallest absolute Gasteiger partial charge is 0.0378 e. The van der Waals surface area contributed by atoms with Crippen molar-refractivity contribution in [1.82, 2.24) is 0 Å². The third-order valence-corrected chi connectivity index (χ3v) is 5.96. The highest BCUT2D eigenvalue weighted by Crippen LogP contribution is 2.57. The molecule has 2 nitrogen and oxygen atoms in total. The van der Waals surface area contributed by atoms with Gasteiger partial charge in [-0.3, -0.25) is 0 Å². The number of anilines is 2. The third kappa shape index (κ3) is 1.61. The van der Waals surface area contributed by atoms with E-state index < -0.39 is 0 Å². The summed E-state index contributed by atoms with van der Waals surface area (Å²) in [5.41, 5.74) is 8.56. The summed E-state index contributed by atoms with van der Waals surface area (Å²) in [6, 6.07) is 14.4. The molecule has 1 aliphatic carbocycles. The normalized spacial score (nSPS) is 30.6. The molecule has 0 saturated heterocycles. The maximum Gasteiger partial charge on any atom is 0.0378 e. The zero-order valence-electron chi connectivity index (χ0n) is 13.2. The maximum atomic E-state index is 3.82. The number of benzene rings is 2. The van der Waals surface area contributed by atoms with Crippen molar-refractivity contribution in [2.24, 2.45) is 5.92 Å². The van der Waals surface area contributed by atoms with Gasteiger partial charge in [0.15, 0.2) is 0 Å². The van der Waals surface area contributed by atoms with Gasteiger partial charge < -0.3 is 10.6 Å². The van der Waals surface area contributed by atoms with Gasteiger partial charge in [0.25, 0.3) is 0 Å². The maximum absolute atomic E-state index is 3.82. The molecule has 2 N–H and O–H groups in total. The summed E-state index contributed by atoms with van der Waals surface area (Å²) in [6.07, 6.45) is 1.28. The van der Waals surface area contributed by atoms with E-state index in [2.05, 4.69) is 60.9 Å². The number of rotatable bonds is 0. The monoisotopic (exact) mass is 290 g/mol. The average molecular weight is 290 g/mol. The Balaban J connectivity index is 1.69. The van der Waals surface area contributed by atoms with Crippen molar-refractivity contribution in [1.29, 1.82) is 0 Å². The van der Waals surface area contributed by atoms with Gasteiger partial charge >= 0.3 is 0 Å². The number of fused-ring (bicyclic) bond motifs is 9. The summed E-state index contributed by atoms with van der Waals surface area (Å²) in [5.74, 6) is 2.04. The fourth-order valence-electron chi connectivity index (χ4n) is 5.01. The topological polar surface area (TPSA) is 24.1 Å². The van der Waals surface area contributed by atoms with Crippen LogP contribution in [-0.4, -0.2) is 12.6 Å². The summed E-state index contributed by atoms with van der Waals surface area (Å²) < 4.78 is 0. The minimum atomic E-state index is 0.617. The van der Waals surface area contributed by atoms with E-state index in [0.717, 1.165) is 6.54 Å². The third-order valence-electron chi connectivity index (χ3n) is 5.96. The van der Waals surface area contributed by atoms with Crippen LogP contribution >= 0.6 is 0 Å². The van der Waals surface area contributed by atoms with Crippen LogP contribution in [0.1, 0.15) is 40.5 Å². The molecule has 2 bridgehead atoms. The molecule has 1 saturated carbocycles. The molecule has 0 radical (unpaired) electrons. The predicted octanol–water partition coefficient (Wildman–Crippen LogP) is 4.41. The largest absolute Gasteiger partial charge is 0.384 e. The Hall–Kier alpha value is -1.96. The Morgan fingerprint density at radius 1 is 0.909 bits per heavy atom. The second kappa shape index (κ2) is 4.28. The lowest BCUT2D eigenvalue weighted by atomic mass is 9.77. The number of hydrogen-bond acceptors (Lipinski definition) is 2. The first-order chi connectivity index (χ1) is 10.7. The Labute approximate surface area is 131 Å². The fraction of sp³-hybridized carbons (Fsp3) is 0.400. The zero-order valence-corrected chi connectivity index (χ0v) is 13.2. The van der Waals surface area contributed by atoms with E-state index in [9.17, 15) is 0 Å². The van der Waals surface area contributed by atoms with E-state index >= 15 is 0 Å². The second-order valence-corrected chi connectivity index (χ2v) is 7.34. The standard InChI is InChI=1S/C20H22N2/c1-11-4-6-18-13(7-11)14-9-19(22-18)16-10-21-17-5-3-12(2)8-15(17)20(14)16/h3-8,14,16,19-22H,9-10H2,1-2H3/t14-,16+,19-,20+/m0/s1. The molecule has 2 heterocycles. The molecule has 22 heavy (non-hydrogen) atoms. The van der Waals surface area contributed by atoms with E-state index in [-0.39, 0.29) is 0 Å². The van der Waals surface area contributed by atoms with E-state index in [0.29, 0.717) is 23.8 Å². The molecular formula is C20H22N2. The second-order valence-electron chi connectivity index (χ2n) is 7.34. The summed E-state index contributed by atoms with van der Waals surface area (Å²) in [5, 5.41) is 7.49. The van der Waals surface area contributed by atoms with Gasteiger partial charge in [0.05, 0.1) is 0 Å². The Morgan fingerprint density at radius 3 is 2.45 bits per heavy atom. The Bertz CT molecular complexity index is 764. The molecule has 2 aromatic carbocycles. The molecule has 1 fully saturated rings. The van der Waals surface area contributed by atoms with Crippen molar-refractivity contribution in [3.05, 3.63) is 58.7 Å². The quantitative estimate of drug-likeness (QED) is 0.751. The molecule has 5 rings (SSSR count). The first kappa shape index (κ1) is 12.6.